The van der Waals surface area contributed by atoms with Gasteiger partial charge in [-0.15, -0.1) is 0 Å². The van der Waals surface area contributed by atoms with E-state index < -0.39 is 11.6 Å². The first kappa shape index (κ1) is 11.3. The molecule has 2 aromatic rings. The van der Waals surface area contributed by atoms with E-state index in [9.17, 15) is 8.78 Å². The van der Waals surface area contributed by atoms with Crippen molar-refractivity contribution in [3.05, 3.63) is 47.7 Å². The van der Waals surface area contributed by atoms with Crippen LogP contribution in [0.5, 0.6) is 0 Å². The fourth-order valence-corrected chi connectivity index (χ4v) is 1.31. The first-order chi connectivity index (χ1) is 8.15. The summed E-state index contributed by atoms with van der Waals surface area (Å²) >= 11 is 0. The number of aromatic nitrogens is 2. The van der Waals surface area contributed by atoms with E-state index in [2.05, 4.69) is 15.3 Å². The van der Waals surface area contributed by atoms with Crippen LogP contribution in [0.3, 0.4) is 0 Å². The molecule has 3 N–H and O–H groups in total. The topological polar surface area (TPSA) is 63.8 Å². The molecular formula is C11H10F2N4. The Morgan fingerprint density at radius 1 is 1.24 bits per heavy atom. The third-order valence-corrected chi connectivity index (χ3v) is 2.12. The molecule has 0 bridgehead atoms. The maximum Gasteiger partial charge on any atom is 0.224 e. The molecule has 0 radical (unpaired) electrons. The zero-order valence-corrected chi connectivity index (χ0v) is 8.82. The monoisotopic (exact) mass is 236 g/mol. The van der Waals surface area contributed by atoms with Gasteiger partial charge in [0.15, 0.2) is 0 Å². The van der Waals surface area contributed by atoms with Crippen molar-refractivity contribution in [1.82, 2.24) is 9.97 Å². The van der Waals surface area contributed by atoms with Crippen molar-refractivity contribution >= 4 is 11.8 Å². The van der Waals surface area contributed by atoms with Crippen LogP contribution in [0.1, 0.15) is 5.56 Å². The SMILES string of the molecule is Nc1ccnc(NCc2cc(F)ccc2F)n1. The van der Waals surface area contributed by atoms with Crippen LogP contribution >= 0.6 is 0 Å². The van der Waals surface area contributed by atoms with E-state index in [-0.39, 0.29) is 18.1 Å². The summed E-state index contributed by atoms with van der Waals surface area (Å²) < 4.78 is 26.2. The summed E-state index contributed by atoms with van der Waals surface area (Å²) in [6, 6.07) is 4.80. The molecule has 0 saturated heterocycles. The number of hydrogen-bond acceptors (Lipinski definition) is 4. The maximum atomic E-state index is 13.3. The van der Waals surface area contributed by atoms with Crippen LogP contribution in [0.2, 0.25) is 0 Å². The molecule has 0 saturated carbocycles. The van der Waals surface area contributed by atoms with Gasteiger partial charge in [0.05, 0.1) is 0 Å². The van der Waals surface area contributed by atoms with Crippen LogP contribution in [0.15, 0.2) is 30.5 Å². The summed E-state index contributed by atoms with van der Waals surface area (Å²) in [7, 11) is 0. The molecule has 1 aromatic carbocycles. The minimum atomic E-state index is -0.489. The molecule has 0 aliphatic heterocycles. The lowest BCUT2D eigenvalue weighted by Gasteiger charge is -2.06. The lowest BCUT2D eigenvalue weighted by atomic mass is 10.2. The van der Waals surface area contributed by atoms with Crippen molar-refractivity contribution in [3.63, 3.8) is 0 Å². The summed E-state index contributed by atoms with van der Waals surface area (Å²) in [6.45, 7) is 0.0903. The van der Waals surface area contributed by atoms with Gasteiger partial charge in [-0.3, -0.25) is 0 Å². The Hall–Kier alpha value is -2.24. The third-order valence-electron chi connectivity index (χ3n) is 2.12. The maximum absolute atomic E-state index is 13.3. The molecule has 1 heterocycles. The van der Waals surface area contributed by atoms with Crippen molar-refractivity contribution < 1.29 is 8.78 Å². The smallest absolute Gasteiger partial charge is 0.224 e. The summed E-state index contributed by atoms with van der Waals surface area (Å²) in [4.78, 5) is 7.77. The first-order valence-electron chi connectivity index (χ1n) is 4.91. The molecule has 0 unspecified atom stereocenters. The summed E-state index contributed by atoms with van der Waals surface area (Å²) in [5.41, 5.74) is 5.66. The van der Waals surface area contributed by atoms with E-state index in [0.29, 0.717) is 5.82 Å². The number of hydrogen-bond donors (Lipinski definition) is 2. The van der Waals surface area contributed by atoms with Gasteiger partial charge in [-0.05, 0) is 24.3 Å². The van der Waals surface area contributed by atoms with Gasteiger partial charge in [0.1, 0.15) is 17.5 Å². The Bertz CT molecular complexity index is 531. The molecule has 0 amide bonds. The first-order valence-corrected chi connectivity index (χ1v) is 4.91. The van der Waals surface area contributed by atoms with Crippen LogP contribution in [0.4, 0.5) is 20.5 Å². The Balaban J connectivity index is 2.09. The molecule has 17 heavy (non-hydrogen) atoms. The minimum Gasteiger partial charge on any atom is -0.384 e. The Morgan fingerprint density at radius 3 is 2.82 bits per heavy atom. The average Bonchev–Trinajstić information content (AvgIpc) is 2.30. The number of nitrogens with zero attached hydrogens (tertiary/aromatic N) is 2. The van der Waals surface area contributed by atoms with Crippen molar-refractivity contribution in [2.75, 3.05) is 11.1 Å². The predicted octanol–water partition coefficient (Wildman–Crippen LogP) is 1.95. The molecule has 88 valence electrons. The number of halogens is 2. The standard InChI is InChI=1S/C11H10F2N4/c12-8-1-2-9(13)7(5-8)6-16-11-15-4-3-10(14)17-11/h1-5H,6H2,(H3,14,15,16,17). The van der Waals surface area contributed by atoms with Gasteiger partial charge < -0.3 is 11.1 Å². The minimum absolute atomic E-state index is 0.0903. The van der Waals surface area contributed by atoms with Gasteiger partial charge >= 0.3 is 0 Å². The second kappa shape index (κ2) is 4.73. The number of nitrogen functional groups attached to an aromatic ring is 1. The molecule has 2 rings (SSSR count). The van der Waals surface area contributed by atoms with Gasteiger partial charge in [-0.25, -0.2) is 13.8 Å². The third kappa shape index (κ3) is 2.87. The van der Waals surface area contributed by atoms with Crippen LogP contribution in [0, 0.1) is 11.6 Å². The predicted molar refractivity (Wildman–Crippen MR) is 60.1 cm³/mol. The van der Waals surface area contributed by atoms with E-state index in [1.807, 2.05) is 0 Å². The summed E-state index contributed by atoms with van der Waals surface area (Å²) in [5, 5.41) is 2.76. The molecule has 6 heteroatoms. The highest BCUT2D eigenvalue weighted by atomic mass is 19.1. The molecule has 0 spiro atoms. The Kier molecular flexibility index (Phi) is 3.13. The average molecular weight is 236 g/mol. The Morgan fingerprint density at radius 2 is 2.06 bits per heavy atom. The highest BCUT2D eigenvalue weighted by Gasteiger charge is 2.04. The molecule has 0 atom stereocenters. The number of anilines is 2. The second-order valence-electron chi connectivity index (χ2n) is 3.39. The van der Waals surface area contributed by atoms with Crippen molar-refractivity contribution in [2.45, 2.75) is 6.54 Å². The van der Waals surface area contributed by atoms with E-state index in [4.69, 9.17) is 5.73 Å². The van der Waals surface area contributed by atoms with Gasteiger partial charge in [-0.1, -0.05) is 0 Å². The summed E-state index contributed by atoms with van der Waals surface area (Å²) in [6.07, 6.45) is 1.48. The molecule has 0 aliphatic rings. The van der Waals surface area contributed by atoms with Crippen molar-refractivity contribution in [1.29, 1.82) is 0 Å². The highest BCUT2D eigenvalue weighted by molar-refractivity contribution is 5.36. The number of nitrogens with two attached hydrogens (primary N) is 1. The quantitative estimate of drug-likeness (QED) is 0.854. The van der Waals surface area contributed by atoms with Gasteiger partial charge in [0.2, 0.25) is 5.95 Å². The van der Waals surface area contributed by atoms with E-state index in [1.54, 1.807) is 0 Å². The number of nitrogens with one attached hydrogen (secondary N) is 1. The summed E-state index contributed by atoms with van der Waals surface area (Å²) in [5.74, 6) is -0.393. The lowest BCUT2D eigenvalue weighted by Crippen LogP contribution is -2.06. The number of rotatable bonds is 3. The lowest BCUT2D eigenvalue weighted by molar-refractivity contribution is 0.587. The van der Waals surface area contributed by atoms with Crippen molar-refractivity contribution in [3.8, 4) is 0 Å². The second-order valence-corrected chi connectivity index (χ2v) is 3.39. The fourth-order valence-electron chi connectivity index (χ4n) is 1.31. The molecular weight excluding hydrogens is 226 g/mol. The Labute approximate surface area is 96.5 Å². The molecule has 4 nitrogen and oxygen atoms in total. The van der Waals surface area contributed by atoms with E-state index >= 15 is 0 Å². The van der Waals surface area contributed by atoms with Crippen LogP contribution < -0.4 is 11.1 Å². The van der Waals surface area contributed by atoms with Crippen molar-refractivity contribution in [2.24, 2.45) is 0 Å². The van der Waals surface area contributed by atoms with E-state index in [1.165, 1.54) is 12.3 Å². The number of benzene rings is 1. The zero-order valence-electron chi connectivity index (χ0n) is 8.82. The normalized spacial score (nSPS) is 10.2. The highest BCUT2D eigenvalue weighted by Crippen LogP contribution is 2.11. The van der Waals surface area contributed by atoms with Gasteiger partial charge in [-0.2, -0.15) is 4.98 Å². The van der Waals surface area contributed by atoms with Gasteiger partial charge in [0.25, 0.3) is 0 Å². The molecule has 0 fully saturated rings. The molecule has 1 aromatic heterocycles. The zero-order chi connectivity index (χ0) is 12.3. The van der Waals surface area contributed by atoms with Gasteiger partial charge in [0, 0.05) is 18.3 Å². The van der Waals surface area contributed by atoms with Crippen LogP contribution in [0.25, 0.3) is 0 Å². The van der Waals surface area contributed by atoms with Crippen LogP contribution in [-0.2, 0) is 6.54 Å². The molecule has 0 aliphatic carbocycles. The fraction of sp³-hybridized carbons (Fsp3) is 0.0909. The van der Waals surface area contributed by atoms with E-state index in [0.717, 1.165) is 18.2 Å². The van der Waals surface area contributed by atoms with Crippen LogP contribution in [-0.4, -0.2) is 9.97 Å². The largest absolute Gasteiger partial charge is 0.384 e.